The van der Waals surface area contributed by atoms with Crippen LogP contribution in [0.5, 0.6) is 0 Å². The Balaban J connectivity index is 2.06. The van der Waals surface area contributed by atoms with Crippen molar-refractivity contribution in [3.63, 3.8) is 0 Å². The van der Waals surface area contributed by atoms with E-state index >= 15 is 0 Å². The minimum Gasteiger partial charge on any atom is -0.360 e. The van der Waals surface area contributed by atoms with Crippen LogP contribution in [0.15, 0.2) is 45.9 Å². The minimum atomic E-state index is -3.55. The second kappa shape index (κ2) is 6.84. The zero-order valence-electron chi connectivity index (χ0n) is 12.0. The highest BCUT2D eigenvalue weighted by atomic mass is 32.2. The van der Waals surface area contributed by atoms with Crippen molar-refractivity contribution in [2.45, 2.75) is 31.3 Å². The monoisotopic (exact) mass is 309 g/mol. The lowest BCUT2D eigenvalue weighted by atomic mass is 10.1. The van der Waals surface area contributed by atoms with Crippen LogP contribution in [0.2, 0.25) is 0 Å². The average molecular weight is 309 g/mol. The molecule has 0 saturated carbocycles. The number of rotatable bonds is 7. The predicted octanol–water partition coefficient (Wildman–Crippen LogP) is 1.82. The van der Waals surface area contributed by atoms with Crippen molar-refractivity contribution in [2.75, 3.05) is 6.54 Å². The van der Waals surface area contributed by atoms with Crippen LogP contribution < -0.4 is 10.0 Å². The lowest BCUT2D eigenvalue weighted by Crippen LogP contribution is -2.23. The van der Waals surface area contributed by atoms with Gasteiger partial charge < -0.3 is 9.84 Å². The third-order valence-corrected chi connectivity index (χ3v) is 4.55. The number of aromatic nitrogens is 1. The molecule has 6 nitrogen and oxygen atoms in total. The second-order valence-electron chi connectivity index (χ2n) is 4.65. The van der Waals surface area contributed by atoms with Gasteiger partial charge in [-0.2, -0.15) is 0 Å². The number of benzene rings is 1. The molecule has 0 bridgehead atoms. The molecule has 0 fully saturated rings. The molecule has 1 aromatic heterocycles. The summed E-state index contributed by atoms with van der Waals surface area (Å²) in [5, 5.41) is 6.81. The molecule has 0 aliphatic rings. The van der Waals surface area contributed by atoms with Crippen LogP contribution >= 0.6 is 0 Å². The maximum Gasteiger partial charge on any atom is 0.240 e. The number of nitrogens with zero attached hydrogens (tertiary/aromatic N) is 1. The molecule has 2 N–H and O–H groups in total. The summed E-state index contributed by atoms with van der Waals surface area (Å²) in [5.74, 6) is 0.468. The van der Waals surface area contributed by atoms with Gasteiger partial charge in [0.15, 0.2) is 5.76 Å². The summed E-state index contributed by atoms with van der Waals surface area (Å²) >= 11 is 0. The molecule has 2 aromatic rings. The van der Waals surface area contributed by atoms with Crippen molar-refractivity contribution >= 4 is 10.0 Å². The Kier molecular flexibility index (Phi) is 5.11. The van der Waals surface area contributed by atoms with E-state index in [0.29, 0.717) is 5.76 Å². The van der Waals surface area contributed by atoms with Crippen molar-refractivity contribution in [1.82, 2.24) is 15.2 Å². The van der Waals surface area contributed by atoms with Gasteiger partial charge >= 0.3 is 0 Å². The SMILES string of the molecule is CCNC(C)c1ccc(S(=O)(=O)NCc2ccno2)cc1. The van der Waals surface area contributed by atoms with Gasteiger partial charge in [-0.3, -0.25) is 0 Å². The zero-order chi connectivity index (χ0) is 15.3. The molecule has 1 unspecified atom stereocenters. The summed E-state index contributed by atoms with van der Waals surface area (Å²) < 4.78 is 31.6. The number of hydrogen-bond acceptors (Lipinski definition) is 5. The molecule has 0 aliphatic heterocycles. The third-order valence-electron chi connectivity index (χ3n) is 3.13. The van der Waals surface area contributed by atoms with Gasteiger partial charge in [0.25, 0.3) is 0 Å². The lowest BCUT2D eigenvalue weighted by Gasteiger charge is -2.13. The van der Waals surface area contributed by atoms with E-state index < -0.39 is 10.0 Å². The highest BCUT2D eigenvalue weighted by Gasteiger charge is 2.15. The Morgan fingerprint density at radius 3 is 2.52 bits per heavy atom. The van der Waals surface area contributed by atoms with Crippen molar-refractivity contribution in [3.8, 4) is 0 Å². The Hall–Kier alpha value is -1.70. The van der Waals surface area contributed by atoms with Crippen molar-refractivity contribution in [2.24, 2.45) is 0 Å². The minimum absolute atomic E-state index is 0.0812. The summed E-state index contributed by atoms with van der Waals surface area (Å²) in [6, 6.07) is 8.64. The Morgan fingerprint density at radius 2 is 1.95 bits per heavy atom. The van der Waals surface area contributed by atoms with E-state index in [1.54, 1.807) is 18.2 Å². The van der Waals surface area contributed by atoms with E-state index in [0.717, 1.165) is 12.1 Å². The fourth-order valence-corrected chi connectivity index (χ4v) is 2.94. The topological polar surface area (TPSA) is 84.2 Å². The van der Waals surface area contributed by atoms with Gasteiger partial charge in [0.05, 0.1) is 17.6 Å². The summed E-state index contributed by atoms with van der Waals surface area (Å²) in [5.41, 5.74) is 1.05. The van der Waals surface area contributed by atoms with E-state index in [1.807, 2.05) is 26.0 Å². The molecular weight excluding hydrogens is 290 g/mol. The van der Waals surface area contributed by atoms with E-state index in [4.69, 9.17) is 4.52 Å². The molecular formula is C14H19N3O3S. The summed E-state index contributed by atoms with van der Waals surface area (Å²) in [6.45, 7) is 5.01. The molecule has 0 saturated heterocycles. The fraction of sp³-hybridized carbons (Fsp3) is 0.357. The molecule has 0 aliphatic carbocycles. The normalized spacial score (nSPS) is 13.2. The molecule has 1 heterocycles. The second-order valence-corrected chi connectivity index (χ2v) is 6.42. The Bertz CT molecular complexity index is 651. The van der Waals surface area contributed by atoms with Crippen LogP contribution in [-0.4, -0.2) is 20.1 Å². The Morgan fingerprint density at radius 1 is 1.24 bits per heavy atom. The number of hydrogen-bond donors (Lipinski definition) is 2. The molecule has 114 valence electrons. The zero-order valence-corrected chi connectivity index (χ0v) is 12.9. The van der Waals surface area contributed by atoms with Crippen molar-refractivity contribution in [3.05, 3.63) is 47.9 Å². The number of nitrogens with one attached hydrogen (secondary N) is 2. The van der Waals surface area contributed by atoms with Crippen LogP contribution in [0, 0.1) is 0 Å². The van der Waals surface area contributed by atoms with Crippen molar-refractivity contribution in [1.29, 1.82) is 0 Å². The molecule has 7 heteroatoms. The lowest BCUT2D eigenvalue weighted by molar-refractivity contribution is 0.380. The van der Waals surface area contributed by atoms with Gasteiger partial charge in [0, 0.05) is 12.1 Å². The van der Waals surface area contributed by atoms with E-state index in [2.05, 4.69) is 15.2 Å². The van der Waals surface area contributed by atoms with E-state index in [-0.39, 0.29) is 17.5 Å². The van der Waals surface area contributed by atoms with Gasteiger partial charge in [-0.25, -0.2) is 13.1 Å². The molecule has 2 rings (SSSR count). The van der Waals surface area contributed by atoms with Crippen LogP contribution in [0.3, 0.4) is 0 Å². The number of sulfonamides is 1. The first-order valence-electron chi connectivity index (χ1n) is 6.75. The van der Waals surface area contributed by atoms with Crippen LogP contribution in [0.4, 0.5) is 0 Å². The highest BCUT2D eigenvalue weighted by Crippen LogP contribution is 2.16. The summed E-state index contributed by atoms with van der Waals surface area (Å²) in [4.78, 5) is 0.231. The van der Waals surface area contributed by atoms with Crippen LogP contribution in [-0.2, 0) is 16.6 Å². The highest BCUT2D eigenvalue weighted by molar-refractivity contribution is 7.89. The standard InChI is InChI=1S/C14H19N3O3S/c1-3-15-11(2)12-4-6-14(7-5-12)21(18,19)17-10-13-8-9-16-20-13/h4-9,11,15,17H,3,10H2,1-2H3. The largest absolute Gasteiger partial charge is 0.360 e. The first-order valence-corrected chi connectivity index (χ1v) is 8.24. The van der Waals surface area contributed by atoms with E-state index in [9.17, 15) is 8.42 Å². The molecule has 0 spiro atoms. The molecule has 1 atom stereocenters. The van der Waals surface area contributed by atoms with Crippen molar-refractivity contribution < 1.29 is 12.9 Å². The fourth-order valence-electron chi connectivity index (χ4n) is 1.94. The van der Waals surface area contributed by atoms with Gasteiger partial charge in [0.2, 0.25) is 10.0 Å². The maximum atomic E-state index is 12.1. The quantitative estimate of drug-likeness (QED) is 0.815. The summed E-state index contributed by atoms with van der Waals surface area (Å²) in [7, 11) is -3.55. The van der Waals surface area contributed by atoms with Crippen LogP contribution in [0.25, 0.3) is 0 Å². The van der Waals surface area contributed by atoms with Crippen LogP contribution in [0.1, 0.15) is 31.2 Å². The third kappa shape index (κ3) is 4.13. The molecule has 1 aromatic carbocycles. The molecule has 0 radical (unpaired) electrons. The maximum absolute atomic E-state index is 12.1. The van der Waals surface area contributed by atoms with Gasteiger partial charge in [-0.15, -0.1) is 0 Å². The smallest absolute Gasteiger partial charge is 0.240 e. The van der Waals surface area contributed by atoms with Gasteiger partial charge in [-0.05, 0) is 31.2 Å². The summed E-state index contributed by atoms with van der Waals surface area (Å²) in [6.07, 6.45) is 1.47. The molecule has 0 amide bonds. The predicted molar refractivity (Wildman–Crippen MR) is 79.1 cm³/mol. The van der Waals surface area contributed by atoms with E-state index in [1.165, 1.54) is 6.20 Å². The first-order chi connectivity index (χ1) is 10.0. The molecule has 21 heavy (non-hydrogen) atoms. The average Bonchev–Trinajstić information content (AvgIpc) is 2.99. The first kappa shape index (κ1) is 15.7. The Labute approximate surface area is 124 Å². The van der Waals surface area contributed by atoms with Gasteiger partial charge in [-0.1, -0.05) is 24.2 Å². The van der Waals surface area contributed by atoms with Gasteiger partial charge in [0.1, 0.15) is 0 Å².